The first-order valence-electron chi connectivity index (χ1n) is 19.9. The van der Waals surface area contributed by atoms with E-state index in [1.807, 2.05) is 24.7 Å². The van der Waals surface area contributed by atoms with Gasteiger partial charge in [-0.2, -0.15) is 0 Å². The van der Waals surface area contributed by atoms with Crippen molar-refractivity contribution in [1.82, 2.24) is 25.1 Å². The van der Waals surface area contributed by atoms with Gasteiger partial charge in [-0.05, 0) is 118 Å². The van der Waals surface area contributed by atoms with Crippen molar-refractivity contribution in [1.29, 1.82) is 0 Å². The second kappa shape index (κ2) is 21.8. The number of benzene rings is 2. The number of piperidine rings is 1. The smallest absolute Gasteiger partial charge is 0.243 e. The number of carbonyl (C=O) groups excluding carboxylic acids is 4. The highest BCUT2D eigenvalue weighted by molar-refractivity contribution is 5.87. The summed E-state index contributed by atoms with van der Waals surface area (Å²) in [6.07, 6.45) is 13.6. The molecule has 0 bridgehead atoms. The van der Waals surface area contributed by atoms with Crippen molar-refractivity contribution in [2.24, 2.45) is 0 Å². The summed E-state index contributed by atoms with van der Waals surface area (Å²) in [4.78, 5) is 56.6. The topological polar surface area (TPSA) is 146 Å². The number of aromatic nitrogens is 2. The average molecular weight is 780 g/mol. The Hall–Kier alpha value is -5.40. The number of nitrogens with zero attached hydrogens (tertiary/aromatic N) is 5. The Balaban J connectivity index is 0.000000379. The van der Waals surface area contributed by atoms with Gasteiger partial charge in [-0.25, -0.2) is 4.98 Å². The van der Waals surface area contributed by atoms with E-state index in [0.717, 1.165) is 80.1 Å². The third kappa shape index (κ3) is 12.5. The lowest BCUT2D eigenvalue weighted by Crippen LogP contribution is -2.54. The maximum Gasteiger partial charge on any atom is 0.243 e. The van der Waals surface area contributed by atoms with Gasteiger partial charge in [0.25, 0.3) is 0 Å². The summed E-state index contributed by atoms with van der Waals surface area (Å²) >= 11 is 0. The van der Waals surface area contributed by atoms with Crippen LogP contribution in [0.25, 0.3) is 10.8 Å². The molecule has 1 atom stereocenters. The number of rotatable bonds is 19. The summed E-state index contributed by atoms with van der Waals surface area (Å²) in [6.45, 7) is 12.6. The number of hydrogen-bond donors (Lipinski definition) is 2. The number of fused-ring (bicyclic) bond motifs is 1. The number of carbonyl (C=O) groups is 4. The van der Waals surface area contributed by atoms with Gasteiger partial charge in [-0.3, -0.25) is 24.3 Å². The van der Waals surface area contributed by atoms with E-state index < -0.39 is 11.9 Å². The van der Waals surface area contributed by atoms with Crippen LogP contribution in [0.5, 0.6) is 5.75 Å². The number of amides is 3. The lowest BCUT2D eigenvalue weighted by molar-refractivity contribution is -0.140. The number of imide groups is 1. The van der Waals surface area contributed by atoms with Crippen LogP contribution in [0.2, 0.25) is 0 Å². The number of ether oxygens (including phenoxy) is 2. The van der Waals surface area contributed by atoms with Gasteiger partial charge >= 0.3 is 0 Å². The quantitative estimate of drug-likeness (QED) is 0.0865. The largest absolute Gasteiger partial charge is 0.494 e. The summed E-state index contributed by atoms with van der Waals surface area (Å²) < 4.78 is 12.5. The van der Waals surface area contributed by atoms with Gasteiger partial charge in [0.1, 0.15) is 23.9 Å². The van der Waals surface area contributed by atoms with Gasteiger partial charge in [0.15, 0.2) is 0 Å². The van der Waals surface area contributed by atoms with Crippen LogP contribution in [-0.2, 0) is 23.9 Å². The molecule has 1 unspecified atom stereocenters. The molecule has 6 rings (SSSR count). The van der Waals surface area contributed by atoms with Crippen molar-refractivity contribution >= 4 is 53.0 Å². The normalized spacial score (nSPS) is 15.1. The number of unbranched alkanes of at least 4 members (excludes halogenated alkanes) is 2. The fraction of sp³-hybridized carbons (Fsp3) is 0.455. The average Bonchev–Trinajstić information content (AvgIpc) is 3.21. The fourth-order valence-electron chi connectivity index (χ4n) is 7.08. The molecule has 2 fully saturated rings. The van der Waals surface area contributed by atoms with Gasteiger partial charge in [-0.15, -0.1) is 0 Å². The van der Waals surface area contributed by atoms with Gasteiger partial charge in [-0.1, -0.05) is 12.1 Å². The van der Waals surface area contributed by atoms with E-state index in [-0.39, 0.29) is 25.7 Å². The number of pyridine rings is 2. The van der Waals surface area contributed by atoms with E-state index in [1.54, 1.807) is 0 Å². The van der Waals surface area contributed by atoms with Crippen molar-refractivity contribution in [2.75, 3.05) is 56.6 Å². The molecular formula is C44H57N7O6. The molecule has 57 heavy (non-hydrogen) atoms. The first-order valence-corrected chi connectivity index (χ1v) is 19.9. The maximum atomic E-state index is 11.2. The molecule has 2 saturated heterocycles. The molecule has 2 aliphatic rings. The summed E-state index contributed by atoms with van der Waals surface area (Å²) in [7, 11) is 1.39. The Morgan fingerprint density at radius 3 is 2.40 bits per heavy atom. The van der Waals surface area contributed by atoms with Crippen LogP contribution in [0.15, 0.2) is 67.1 Å². The highest BCUT2D eigenvalue weighted by Gasteiger charge is 2.32. The molecule has 4 aromatic rings. The molecule has 13 nitrogen and oxygen atoms in total. The van der Waals surface area contributed by atoms with E-state index >= 15 is 0 Å². The highest BCUT2D eigenvalue weighted by atomic mass is 16.5. The Bertz CT molecular complexity index is 1920. The molecule has 4 heterocycles. The minimum absolute atomic E-state index is 0.121. The van der Waals surface area contributed by atoms with Crippen LogP contribution in [0, 0.1) is 20.8 Å². The second-order valence-corrected chi connectivity index (χ2v) is 14.8. The van der Waals surface area contributed by atoms with Crippen molar-refractivity contribution in [2.45, 2.75) is 84.0 Å². The maximum absolute atomic E-state index is 11.2. The number of aryl methyl sites for hydroxylation is 3. The van der Waals surface area contributed by atoms with Gasteiger partial charge in [0.05, 0.1) is 18.8 Å². The predicted molar refractivity (Wildman–Crippen MR) is 223 cm³/mol. The SMILES string of the molecule is CNC(=O)C(CCC=O)N(C=O)C=O.Cc1ccc(OCCCCCN2CCC(OC3CN(c4cc(Nc5ccc6cnccc6c5)ncc4C)C3)CC2)cc1C. The lowest BCUT2D eigenvalue weighted by Gasteiger charge is -2.44. The Morgan fingerprint density at radius 1 is 0.895 bits per heavy atom. The molecule has 2 aromatic heterocycles. The van der Waals surface area contributed by atoms with Crippen molar-refractivity contribution in [3.8, 4) is 5.75 Å². The number of likely N-dealkylation sites (tertiary alicyclic amines) is 1. The number of likely N-dealkylation sites (N-methyl/N-ethyl adjacent to an activating group) is 1. The number of anilines is 3. The first-order chi connectivity index (χ1) is 27.7. The van der Waals surface area contributed by atoms with E-state index in [9.17, 15) is 19.2 Å². The van der Waals surface area contributed by atoms with Crippen LogP contribution < -0.4 is 20.3 Å². The molecule has 13 heteroatoms. The van der Waals surface area contributed by atoms with Gasteiger partial charge in [0, 0.05) is 81.1 Å². The van der Waals surface area contributed by atoms with Crippen LogP contribution in [0.1, 0.15) is 61.6 Å². The Labute approximate surface area is 336 Å². The van der Waals surface area contributed by atoms with Crippen molar-refractivity contribution in [3.05, 3.63) is 83.8 Å². The van der Waals surface area contributed by atoms with Gasteiger partial charge < -0.3 is 34.7 Å². The summed E-state index contributed by atoms with van der Waals surface area (Å²) in [5.41, 5.74) is 6.06. The predicted octanol–water partition coefficient (Wildman–Crippen LogP) is 5.91. The molecule has 2 aliphatic heterocycles. The van der Waals surface area contributed by atoms with E-state index in [2.05, 4.69) is 93.6 Å². The minimum Gasteiger partial charge on any atom is -0.494 e. The first kappa shape index (κ1) is 42.7. The Morgan fingerprint density at radius 2 is 1.68 bits per heavy atom. The zero-order valence-electron chi connectivity index (χ0n) is 33.7. The van der Waals surface area contributed by atoms with E-state index in [0.29, 0.717) is 23.4 Å². The third-order valence-corrected chi connectivity index (χ3v) is 10.7. The highest BCUT2D eigenvalue weighted by Crippen LogP contribution is 2.31. The fourth-order valence-corrected chi connectivity index (χ4v) is 7.08. The summed E-state index contributed by atoms with van der Waals surface area (Å²) in [5, 5.41) is 8.09. The molecule has 0 radical (unpaired) electrons. The van der Waals surface area contributed by atoms with Crippen LogP contribution >= 0.6 is 0 Å². The summed E-state index contributed by atoms with van der Waals surface area (Å²) in [6, 6.07) is 16.0. The molecule has 2 aromatic carbocycles. The third-order valence-electron chi connectivity index (χ3n) is 10.7. The zero-order chi connectivity index (χ0) is 40.6. The standard InChI is InChI=1S/C36H45N5O2.C8H12N2O4/c1-26-7-10-33(19-27(26)2)42-18-6-4-5-15-40-16-12-32(13-17-40)43-34-24-41(25-34)35-21-36(38-22-28(35)3)39-31-9-8-30-23-37-14-11-29(30)20-31;1-9-8(14)7(3-2-4-11)10(5-12)6-13/h7-11,14,19-23,32,34H,4-6,12-13,15-18,24-25H2,1-3H3,(H,38,39);4-7H,2-3H2,1H3,(H,9,14). The zero-order valence-corrected chi connectivity index (χ0v) is 33.7. The van der Waals surface area contributed by atoms with E-state index in [4.69, 9.17) is 9.47 Å². The van der Waals surface area contributed by atoms with Crippen LogP contribution in [0.4, 0.5) is 17.2 Å². The minimum atomic E-state index is -0.903. The van der Waals surface area contributed by atoms with Crippen molar-refractivity contribution < 1.29 is 28.7 Å². The lowest BCUT2D eigenvalue weighted by atomic mass is 10.0. The molecule has 2 N–H and O–H groups in total. The number of hydrogen-bond acceptors (Lipinski definition) is 11. The molecule has 3 amide bonds. The van der Waals surface area contributed by atoms with Crippen molar-refractivity contribution in [3.63, 3.8) is 0 Å². The van der Waals surface area contributed by atoms with Gasteiger partial charge in [0.2, 0.25) is 18.7 Å². The molecule has 304 valence electrons. The molecular weight excluding hydrogens is 723 g/mol. The molecule has 0 spiro atoms. The van der Waals surface area contributed by atoms with E-state index in [1.165, 1.54) is 48.8 Å². The monoisotopic (exact) mass is 779 g/mol. The summed E-state index contributed by atoms with van der Waals surface area (Å²) in [5.74, 6) is 1.39. The Kier molecular flexibility index (Phi) is 16.3. The number of nitrogens with one attached hydrogen (secondary N) is 2. The number of aldehydes is 1. The second-order valence-electron chi connectivity index (χ2n) is 14.8. The van der Waals surface area contributed by atoms with Crippen LogP contribution in [-0.4, -0.2) is 109 Å². The van der Waals surface area contributed by atoms with Crippen LogP contribution in [0.3, 0.4) is 0 Å². The molecule has 0 saturated carbocycles. The molecule has 0 aliphatic carbocycles.